The third-order valence-electron chi connectivity index (χ3n) is 3.73. The molecule has 0 atom stereocenters. The van der Waals surface area contributed by atoms with E-state index in [2.05, 4.69) is 4.98 Å². The van der Waals surface area contributed by atoms with E-state index in [0.717, 1.165) is 27.8 Å². The van der Waals surface area contributed by atoms with Crippen molar-refractivity contribution in [2.24, 2.45) is 0 Å². The molecule has 3 aromatic rings. The van der Waals surface area contributed by atoms with E-state index in [1.807, 2.05) is 55.5 Å². The number of nitrogens with zero attached hydrogens (tertiary/aromatic N) is 1. The van der Waals surface area contributed by atoms with Gasteiger partial charge in [-0.05, 0) is 42.3 Å². The number of fused-ring (bicyclic) bond motifs is 1. The fourth-order valence-corrected chi connectivity index (χ4v) is 2.33. The normalized spacial score (nSPS) is 10.5. The Morgan fingerprint density at radius 2 is 1.91 bits per heavy atom. The van der Waals surface area contributed by atoms with E-state index in [9.17, 15) is 4.79 Å². The van der Waals surface area contributed by atoms with E-state index < -0.39 is 5.97 Å². The smallest absolute Gasteiger partial charge is 0.357 e. The number of hydrogen-bond donors (Lipinski definition) is 0. The maximum absolute atomic E-state index is 12.2. The molecule has 0 amide bonds. The molecule has 0 aliphatic carbocycles. The van der Waals surface area contributed by atoms with Crippen molar-refractivity contribution >= 4 is 16.9 Å². The molecule has 1 heterocycles. The Kier molecular flexibility index (Phi) is 4.24. The predicted molar refractivity (Wildman–Crippen MR) is 88.6 cm³/mol. The van der Waals surface area contributed by atoms with Crippen molar-refractivity contribution in [3.05, 3.63) is 71.4 Å². The molecule has 0 N–H and O–H groups in total. The molecule has 0 aliphatic heterocycles. The Hall–Kier alpha value is -2.88. The summed E-state index contributed by atoms with van der Waals surface area (Å²) in [6, 6.07) is 16.9. The highest BCUT2D eigenvalue weighted by Gasteiger charge is 2.11. The third kappa shape index (κ3) is 3.31. The zero-order valence-corrected chi connectivity index (χ0v) is 13.1. The quantitative estimate of drug-likeness (QED) is 0.686. The van der Waals surface area contributed by atoms with Crippen LogP contribution < -0.4 is 4.74 Å². The summed E-state index contributed by atoms with van der Waals surface area (Å²) in [6.07, 6.45) is 0. The van der Waals surface area contributed by atoms with E-state index in [4.69, 9.17) is 9.47 Å². The van der Waals surface area contributed by atoms with Crippen LogP contribution in [0.3, 0.4) is 0 Å². The van der Waals surface area contributed by atoms with Gasteiger partial charge < -0.3 is 9.47 Å². The highest BCUT2D eigenvalue weighted by molar-refractivity contribution is 5.91. The molecule has 0 bridgehead atoms. The van der Waals surface area contributed by atoms with E-state index in [-0.39, 0.29) is 6.61 Å². The zero-order valence-electron chi connectivity index (χ0n) is 13.1. The maximum Gasteiger partial charge on any atom is 0.357 e. The lowest BCUT2D eigenvalue weighted by Crippen LogP contribution is -2.08. The van der Waals surface area contributed by atoms with Crippen molar-refractivity contribution in [1.82, 2.24) is 4.98 Å². The van der Waals surface area contributed by atoms with Crippen LogP contribution in [-0.4, -0.2) is 18.1 Å². The van der Waals surface area contributed by atoms with E-state index >= 15 is 0 Å². The summed E-state index contributed by atoms with van der Waals surface area (Å²) in [4.78, 5) is 16.5. The van der Waals surface area contributed by atoms with Crippen LogP contribution in [0.25, 0.3) is 10.9 Å². The molecule has 1 aromatic heterocycles. The van der Waals surface area contributed by atoms with Crippen LogP contribution in [0.15, 0.2) is 54.6 Å². The first kappa shape index (κ1) is 15.0. The van der Waals surface area contributed by atoms with Crippen molar-refractivity contribution in [2.45, 2.75) is 13.5 Å². The molecule has 0 saturated heterocycles. The summed E-state index contributed by atoms with van der Waals surface area (Å²) in [7, 11) is 1.62. The summed E-state index contributed by atoms with van der Waals surface area (Å²) in [5.41, 5.74) is 3.12. The Morgan fingerprint density at radius 1 is 1.09 bits per heavy atom. The molecule has 4 heteroatoms. The highest BCUT2D eigenvalue weighted by Crippen LogP contribution is 2.20. The lowest BCUT2D eigenvalue weighted by Gasteiger charge is -2.08. The number of carbonyl (C=O) groups excluding carboxylic acids is 1. The summed E-state index contributed by atoms with van der Waals surface area (Å²) in [6.45, 7) is 2.23. The molecule has 0 aliphatic rings. The van der Waals surface area contributed by atoms with Gasteiger partial charge in [-0.15, -0.1) is 0 Å². The monoisotopic (exact) mass is 307 g/mol. The molecule has 0 spiro atoms. The lowest BCUT2D eigenvalue weighted by atomic mass is 10.1. The number of pyridine rings is 1. The Labute approximate surface area is 134 Å². The van der Waals surface area contributed by atoms with E-state index in [1.165, 1.54) is 0 Å². The number of carbonyl (C=O) groups is 1. The zero-order chi connectivity index (χ0) is 16.2. The van der Waals surface area contributed by atoms with E-state index in [0.29, 0.717) is 5.69 Å². The fourth-order valence-electron chi connectivity index (χ4n) is 2.33. The number of rotatable bonds is 4. The molecule has 3 rings (SSSR count). The number of methoxy groups -OCH3 is 1. The minimum Gasteiger partial charge on any atom is -0.497 e. The molecule has 0 fully saturated rings. The van der Waals surface area contributed by atoms with Gasteiger partial charge in [0.2, 0.25) is 0 Å². The second-order valence-corrected chi connectivity index (χ2v) is 5.26. The van der Waals surface area contributed by atoms with Gasteiger partial charge in [-0.2, -0.15) is 0 Å². The van der Waals surface area contributed by atoms with Gasteiger partial charge in [0.15, 0.2) is 0 Å². The van der Waals surface area contributed by atoms with Gasteiger partial charge in [0.1, 0.15) is 18.1 Å². The minimum atomic E-state index is -0.425. The van der Waals surface area contributed by atoms with Gasteiger partial charge in [-0.25, -0.2) is 9.78 Å². The van der Waals surface area contributed by atoms with Gasteiger partial charge >= 0.3 is 5.97 Å². The number of aryl methyl sites for hydroxylation is 1. The van der Waals surface area contributed by atoms with Crippen molar-refractivity contribution in [3.8, 4) is 5.75 Å². The van der Waals surface area contributed by atoms with Crippen LogP contribution >= 0.6 is 0 Å². The first-order valence-electron chi connectivity index (χ1n) is 7.34. The number of esters is 1. The standard InChI is InChI=1S/C19H17NO3/c1-13-5-3-4-6-15(13)12-23-19(21)18-9-7-14-11-16(22-2)8-10-17(14)20-18/h3-11H,12H2,1-2H3. The van der Waals surface area contributed by atoms with Gasteiger partial charge in [0.05, 0.1) is 12.6 Å². The molecule has 0 saturated carbocycles. The van der Waals surface area contributed by atoms with Gasteiger partial charge in [-0.1, -0.05) is 30.3 Å². The van der Waals surface area contributed by atoms with Crippen molar-refractivity contribution in [2.75, 3.05) is 7.11 Å². The average molecular weight is 307 g/mol. The number of benzene rings is 2. The summed E-state index contributed by atoms with van der Waals surface area (Å²) >= 11 is 0. The lowest BCUT2D eigenvalue weighted by molar-refractivity contribution is 0.0465. The van der Waals surface area contributed by atoms with Crippen molar-refractivity contribution in [1.29, 1.82) is 0 Å². The molecule has 0 unspecified atom stereocenters. The second kappa shape index (κ2) is 6.48. The summed E-state index contributed by atoms with van der Waals surface area (Å²) < 4.78 is 10.5. The maximum atomic E-state index is 12.2. The Balaban J connectivity index is 1.77. The molecule has 116 valence electrons. The minimum absolute atomic E-state index is 0.244. The molecule has 4 nitrogen and oxygen atoms in total. The fraction of sp³-hybridized carbons (Fsp3) is 0.158. The summed E-state index contributed by atoms with van der Waals surface area (Å²) in [5.74, 6) is 0.333. The molecule has 0 radical (unpaired) electrons. The molecular formula is C19H17NO3. The van der Waals surface area contributed by atoms with E-state index in [1.54, 1.807) is 13.2 Å². The van der Waals surface area contributed by atoms with Gasteiger partial charge in [-0.3, -0.25) is 0 Å². The van der Waals surface area contributed by atoms with Crippen LogP contribution in [0.4, 0.5) is 0 Å². The highest BCUT2D eigenvalue weighted by atomic mass is 16.5. The van der Waals surface area contributed by atoms with Crippen LogP contribution in [0.5, 0.6) is 5.75 Å². The largest absolute Gasteiger partial charge is 0.497 e. The number of ether oxygens (including phenoxy) is 2. The SMILES string of the molecule is COc1ccc2nc(C(=O)OCc3ccccc3C)ccc2c1. The number of hydrogen-bond acceptors (Lipinski definition) is 4. The van der Waals surface area contributed by atoms with Gasteiger partial charge in [0, 0.05) is 5.39 Å². The van der Waals surface area contributed by atoms with Crippen LogP contribution in [0.1, 0.15) is 21.6 Å². The topological polar surface area (TPSA) is 48.4 Å². The summed E-state index contributed by atoms with van der Waals surface area (Å²) in [5, 5.41) is 0.916. The predicted octanol–water partition coefficient (Wildman–Crippen LogP) is 3.91. The van der Waals surface area contributed by atoms with Crippen molar-refractivity contribution in [3.63, 3.8) is 0 Å². The Bertz CT molecular complexity index is 858. The number of aromatic nitrogens is 1. The van der Waals surface area contributed by atoms with Crippen LogP contribution in [0.2, 0.25) is 0 Å². The van der Waals surface area contributed by atoms with Crippen LogP contribution in [-0.2, 0) is 11.3 Å². The Morgan fingerprint density at radius 3 is 2.70 bits per heavy atom. The van der Waals surface area contributed by atoms with Crippen LogP contribution in [0, 0.1) is 6.92 Å². The average Bonchev–Trinajstić information content (AvgIpc) is 2.59. The van der Waals surface area contributed by atoms with Gasteiger partial charge in [0.25, 0.3) is 0 Å². The molecule has 23 heavy (non-hydrogen) atoms. The second-order valence-electron chi connectivity index (χ2n) is 5.26. The molecular weight excluding hydrogens is 290 g/mol. The van der Waals surface area contributed by atoms with Crippen molar-refractivity contribution < 1.29 is 14.3 Å². The first-order valence-corrected chi connectivity index (χ1v) is 7.34. The molecule has 2 aromatic carbocycles. The first-order chi connectivity index (χ1) is 11.2. The third-order valence-corrected chi connectivity index (χ3v) is 3.73.